The highest BCUT2D eigenvalue weighted by molar-refractivity contribution is 5.06. The summed E-state index contributed by atoms with van der Waals surface area (Å²) in [6.45, 7) is 7.93. The summed E-state index contributed by atoms with van der Waals surface area (Å²) in [6.07, 6.45) is 3.61. The summed E-state index contributed by atoms with van der Waals surface area (Å²) in [5.41, 5.74) is 1.37. The fourth-order valence-electron chi connectivity index (χ4n) is 0.959. The van der Waals surface area contributed by atoms with Gasteiger partial charge in [0.25, 0.3) is 0 Å². The summed E-state index contributed by atoms with van der Waals surface area (Å²) in [5.74, 6) is 0. The van der Waals surface area contributed by atoms with Crippen LogP contribution in [0.25, 0.3) is 0 Å². The Hall–Kier alpha value is -0.890. The summed E-state index contributed by atoms with van der Waals surface area (Å²) in [7, 11) is 0. The van der Waals surface area contributed by atoms with E-state index >= 15 is 0 Å². The highest BCUT2D eigenvalue weighted by Gasteiger charge is 2.09. The zero-order valence-electron chi connectivity index (χ0n) is 8.58. The Morgan fingerprint density at radius 1 is 1.38 bits per heavy atom. The van der Waals surface area contributed by atoms with Gasteiger partial charge in [0.1, 0.15) is 0 Å². The molecule has 0 saturated carbocycles. The monoisotopic (exact) mass is 179 g/mol. The van der Waals surface area contributed by atoms with Gasteiger partial charge in [-0.1, -0.05) is 26.8 Å². The molecule has 0 aliphatic rings. The van der Waals surface area contributed by atoms with Crippen molar-refractivity contribution in [3.63, 3.8) is 0 Å². The molecule has 72 valence electrons. The Balaban J connectivity index is 2.29. The first-order chi connectivity index (χ1) is 6.08. The van der Waals surface area contributed by atoms with E-state index in [9.17, 15) is 0 Å². The molecule has 1 heterocycles. The molecule has 0 amide bonds. The third-order valence-electron chi connectivity index (χ3n) is 1.53. The molecule has 0 spiro atoms. The predicted molar refractivity (Wildman–Crippen MR) is 53.3 cm³/mol. The number of hydrogen-bond donors (Lipinski definition) is 0. The van der Waals surface area contributed by atoms with E-state index in [-0.39, 0.29) is 5.41 Å². The molecule has 0 aromatic carbocycles. The molecule has 13 heavy (non-hydrogen) atoms. The van der Waals surface area contributed by atoms with Crippen LogP contribution in [0.1, 0.15) is 26.3 Å². The second-order valence-corrected chi connectivity index (χ2v) is 4.41. The number of hydrogen-bond acceptors (Lipinski definition) is 2. The standard InChI is InChI=1S/C11H17NO/c1-11(2,3)9-13-8-10-5-4-6-12-7-10/h4-7H,8-9H2,1-3H3. The van der Waals surface area contributed by atoms with E-state index in [1.807, 2.05) is 18.3 Å². The minimum atomic E-state index is 0.238. The molecule has 0 unspecified atom stereocenters. The van der Waals surface area contributed by atoms with Crippen molar-refractivity contribution in [1.82, 2.24) is 4.98 Å². The molecule has 0 bridgehead atoms. The van der Waals surface area contributed by atoms with Crippen LogP contribution in [0.2, 0.25) is 0 Å². The van der Waals surface area contributed by atoms with E-state index in [0.29, 0.717) is 6.61 Å². The van der Waals surface area contributed by atoms with Crippen LogP contribution in [0.4, 0.5) is 0 Å². The van der Waals surface area contributed by atoms with E-state index in [2.05, 4.69) is 25.8 Å². The lowest BCUT2D eigenvalue weighted by Gasteiger charge is -2.17. The van der Waals surface area contributed by atoms with Gasteiger partial charge >= 0.3 is 0 Å². The number of nitrogens with zero attached hydrogens (tertiary/aromatic N) is 1. The Morgan fingerprint density at radius 2 is 2.15 bits per heavy atom. The molecular formula is C11H17NO. The van der Waals surface area contributed by atoms with Crippen molar-refractivity contribution < 1.29 is 4.74 Å². The van der Waals surface area contributed by atoms with Crippen LogP contribution in [0.3, 0.4) is 0 Å². The van der Waals surface area contributed by atoms with Crippen molar-refractivity contribution >= 4 is 0 Å². The molecule has 0 atom stereocenters. The first kappa shape index (κ1) is 10.2. The Morgan fingerprint density at radius 3 is 2.69 bits per heavy atom. The van der Waals surface area contributed by atoms with Crippen LogP contribution in [0.5, 0.6) is 0 Å². The van der Waals surface area contributed by atoms with Crippen molar-refractivity contribution in [3.05, 3.63) is 30.1 Å². The molecular weight excluding hydrogens is 162 g/mol. The normalized spacial score (nSPS) is 11.6. The van der Waals surface area contributed by atoms with Crippen molar-refractivity contribution in [3.8, 4) is 0 Å². The maximum atomic E-state index is 5.54. The SMILES string of the molecule is CC(C)(C)COCc1cccnc1. The Bertz CT molecular complexity index is 238. The second-order valence-electron chi connectivity index (χ2n) is 4.41. The van der Waals surface area contributed by atoms with Gasteiger partial charge in [-0.3, -0.25) is 4.98 Å². The van der Waals surface area contributed by atoms with Crippen LogP contribution in [0, 0.1) is 5.41 Å². The zero-order valence-corrected chi connectivity index (χ0v) is 8.58. The Labute approximate surface area is 80.0 Å². The highest BCUT2D eigenvalue weighted by Crippen LogP contribution is 2.13. The van der Waals surface area contributed by atoms with Gasteiger partial charge in [0.05, 0.1) is 13.2 Å². The lowest BCUT2D eigenvalue weighted by molar-refractivity contribution is 0.0597. The smallest absolute Gasteiger partial charge is 0.0732 e. The summed E-state index contributed by atoms with van der Waals surface area (Å²) in [6, 6.07) is 3.95. The predicted octanol–water partition coefficient (Wildman–Crippen LogP) is 2.64. The van der Waals surface area contributed by atoms with Crippen molar-refractivity contribution in [2.45, 2.75) is 27.4 Å². The maximum Gasteiger partial charge on any atom is 0.0732 e. The fourth-order valence-corrected chi connectivity index (χ4v) is 0.959. The van der Waals surface area contributed by atoms with Gasteiger partial charge in [0.15, 0.2) is 0 Å². The van der Waals surface area contributed by atoms with E-state index in [0.717, 1.165) is 12.2 Å². The first-order valence-corrected chi connectivity index (χ1v) is 4.54. The van der Waals surface area contributed by atoms with Gasteiger partial charge < -0.3 is 4.74 Å². The summed E-state index contributed by atoms with van der Waals surface area (Å²) in [4.78, 5) is 4.02. The maximum absolute atomic E-state index is 5.54. The molecule has 2 heteroatoms. The summed E-state index contributed by atoms with van der Waals surface area (Å²) in [5, 5.41) is 0. The van der Waals surface area contributed by atoms with Gasteiger partial charge in [-0.15, -0.1) is 0 Å². The number of ether oxygens (including phenoxy) is 1. The molecule has 0 fully saturated rings. The van der Waals surface area contributed by atoms with Crippen molar-refractivity contribution in [2.75, 3.05) is 6.61 Å². The summed E-state index contributed by atoms with van der Waals surface area (Å²) >= 11 is 0. The molecule has 2 nitrogen and oxygen atoms in total. The van der Waals surface area contributed by atoms with Gasteiger partial charge in [-0.05, 0) is 17.0 Å². The lowest BCUT2D eigenvalue weighted by Crippen LogP contribution is -2.14. The minimum Gasteiger partial charge on any atom is -0.376 e. The minimum absolute atomic E-state index is 0.238. The third-order valence-corrected chi connectivity index (χ3v) is 1.53. The van der Waals surface area contributed by atoms with Gasteiger partial charge in [0.2, 0.25) is 0 Å². The van der Waals surface area contributed by atoms with Gasteiger partial charge in [-0.2, -0.15) is 0 Å². The zero-order chi connectivity index (χ0) is 9.73. The average molecular weight is 179 g/mol. The number of rotatable bonds is 3. The fraction of sp³-hybridized carbons (Fsp3) is 0.545. The molecule has 1 rings (SSSR count). The van der Waals surface area contributed by atoms with E-state index in [4.69, 9.17) is 4.74 Å². The van der Waals surface area contributed by atoms with E-state index in [1.54, 1.807) is 6.20 Å². The van der Waals surface area contributed by atoms with Crippen molar-refractivity contribution in [1.29, 1.82) is 0 Å². The summed E-state index contributed by atoms with van der Waals surface area (Å²) < 4.78 is 5.54. The Kier molecular flexibility index (Phi) is 3.43. The second kappa shape index (κ2) is 4.38. The molecule has 0 N–H and O–H groups in total. The molecule has 0 aliphatic carbocycles. The van der Waals surface area contributed by atoms with Crippen LogP contribution >= 0.6 is 0 Å². The van der Waals surface area contributed by atoms with E-state index in [1.165, 1.54) is 0 Å². The third kappa shape index (κ3) is 4.63. The largest absolute Gasteiger partial charge is 0.376 e. The quantitative estimate of drug-likeness (QED) is 0.711. The number of aromatic nitrogens is 1. The average Bonchev–Trinajstić information content (AvgIpc) is 2.04. The molecule has 1 aromatic rings. The first-order valence-electron chi connectivity index (χ1n) is 4.54. The van der Waals surface area contributed by atoms with Crippen molar-refractivity contribution in [2.24, 2.45) is 5.41 Å². The topological polar surface area (TPSA) is 22.1 Å². The molecule has 1 aromatic heterocycles. The molecule has 0 radical (unpaired) electrons. The van der Waals surface area contributed by atoms with Crippen LogP contribution in [0.15, 0.2) is 24.5 Å². The molecule has 0 saturated heterocycles. The number of pyridine rings is 1. The van der Waals surface area contributed by atoms with Gasteiger partial charge in [-0.25, -0.2) is 0 Å². The van der Waals surface area contributed by atoms with Crippen LogP contribution < -0.4 is 0 Å². The van der Waals surface area contributed by atoms with Gasteiger partial charge in [0, 0.05) is 12.4 Å². The van der Waals surface area contributed by atoms with Crippen LogP contribution in [-0.2, 0) is 11.3 Å². The molecule has 0 aliphatic heterocycles. The van der Waals surface area contributed by atoms with Crippen LogP contribution in [-0.4, -0.2) is 11.6 Å². The van der Waals surface area contributed by atoms with E-state index < -0.39 is 0 Å². The lowest BCUT2D eigenvalue weighted by atomic mass is 9.99. The highest BCUT2D eigenvalue weighted by atomic mass is 16.5.